The topological polar surface area (TPSA) is 77.5 Å². The minimum Gasteiger partial charge on any atom is -0.449 e. The highest BCUT2D eigenvalue weighted by Crippen LogP contribution is 2.26. The van der Waals surface area contributed by atoms with Gasteiger partial charge in [0.2, 0.25) is 0 Å². The number of hydrogen-bond donors (Lipinski definition) is 1. The molecule has 3 rings (SSSR count). The molecule has 0 radical (unpaired) electrons. The predicted octanol–water partition coefficient (Wildman–Crippen LogP) is 4.87. The standard InChI is InChI=1S/C20H14F4N2O4S/c1-10(29-18(28)11-2-5-13(6-3-11)30-19(23)24)17(27)26-20-25-16(9-31-20)12-4-7-14(21)15(22)8-12/h2-10,19H,1H3,(H,25,26,27)/t10-/m0/s1. The lowest BCUT2D eigenvalue weighted by Crippen LogP contribution is -2.29. The van der Waals surface area contributed by atoms with Crippen LogP contribution in [-0.4, -0.2) is 29.6 Å². The molecule has 6 nitrogen and oxygen atoms in total. The van der Waals surface area contributed by atoms with E-state index in [9.17, 15) is 27.2 Å². The molecule has 1 amide bonds. The number of thiazole rings is 1. The number of amides is 1. The number of carbonyl (C=O) groups excluding carboxylic acids is 2. The van der Waals surface area contributed by atoms with Crippen LogP contribution in [0, 0.1) is 11.6 Å². The second-order valence-corrected chi connectivity index (χ2v) is 6.96. The van der Waals surface area contributed by atoms with Crippen molar-refractivity contribution in [3.63, 3.8) is 0 Å². The van der Waals surface area contributed by atoms with E-state index in [2.05, 4.69) is 15.0 Å². The van der Waals surface area contributed by atoms with Crippen LogP contribution in [0.15, 0.2) is 47.8 Å². The second-order valence-electron chi connectivity index (χ2n) is 6.11. The number of esters is 1. The minimum atomic E-state index is -2.99. The van der Waals surface area contributed by atoms with Crippen LogP contribution in [-0.2, 0) is 9.53 Å². The Morgan fingerprint density at radius 1 is 1.06 bits per heavy atom. The fourth-order valence-corrected chi connectivity index (χ4v) is 3.10. The van der Waals surface area contributed by atoms with E-state index in [1.807, 2.05) is 0 Å². The van der Waals surface area contributed by atoms with Gasteiger partial charge < -0.3 is 9.47 Å². The Labute approximate surface area is 177 Å². The maximum Gasteiger partial charge on any atom is 0.387 e. The van der Waals surface area contributed by atoms with E-state index in [0.717, 1.165) is 23.5 Å². The lowest BCUT2D eigenvalue weighted by atomic mass is 10.2. The first kappa shape index (κ1) is 22.2. The molecule has 2 aromatic carbocycles. The van der Waals surface area contributed by atoms with E-state index in [1.165, 1.54) is 37.3 Å². The average Bonchev–Trinajstić information content (AvgIpc) is 3.18. The average molecular weight is 454 g/mol. The van der Waals surface area contributed by atoms with Crippen molar-refractivity contribution in [1.82, 2.24) is 4.98 Å². The molecule has 1 N–H and O–H groups in total. The number of nitrogens with zero attached hydrogens (tertiary/aromatic N) is 1. The number of hydrogen-bond acceptors (Lipinski definition) is 6. The van der Waals surface area contributed by atoms with E-state index in [1.54, 1.807) is 5.38 Å². The van der Waals surface area contributed by atoms with Crippen LogP contribution in [0.4, 0.5) is 22.7 Å². The van der Waals surface area contributed by atoms with Gasteiger partial charge in [-0.3, -0.25) is 10.1 Å². The lowest BCUT2D eigenvalue weighted by Gasteiger charge is -2.12. The van der Waals surface area contributed by atoms with Crippen molar-refractivity contribution < 1.29 is 36.6 Å². The highest BCUT2D eigenvalue weighted by Gasteiger charge is 2.20. The van der Waals surface area contributed by atoms with E-state index >= 15 is 0 Å². The highest BCUT2D eigenvalue weighted by atomic mass is 32.1. The van der Waals surface area contributed by atoms with Crippen molar-refractivity contribution in [2.75, 3.05) is 5.32 Å². The van der Waals surface area contributed by atoms with Crippen LogP contribution in [0.2, 0.25) is 0 Å². The number of anilines is 1. The highest BCUT2D eigenvalue weighted by molar-refractivity contribution is 7.14. The number of ether oxygens (including phenoxy) is 2. The third-order valence-electron chi connectivity index (χ3n) is 3.92. The zero-order chi connectivity index (χ0) is 22.5. The molecular weight excluding hydrogens is 440 g/mol. The normalized spacial score (nSPS) is 11.8. The number of carbonyl (C=O) groups is 2. The molecule has 0 spiro atoms. The molecule has 31 heavy (non-hydrogen) atoms. The summed E-state index contributed by atoms with van der Waals surface area (Å²) in [6.07, 6.45) is -1.19. The molecule has 162 valence electrons. The summed E-state index contributed by atoms with van der Waals surface area (Å²) in [6, 6.07) is 8.08. The maximum atomic E-state index is 13.4. The Hall–Kier alpha value is -3.47. The summed E-state index contributed by atoms with van der Waals surface area (Å²) < 4.78 is 60.0. The van der Waals surface area contributed by atoms with Gasteiger partial charge in [-0.25, -0.2) is 18.6 Å². The molecule has 0 aliphatic rings. The lowest BCUT2D eigenvalue weighted by molar-refractivity contribution is -0.123. The van der Waals surface area contributed by atoms with Gasteiger partial charge in [0, 0.05) is 10.9 Å². The first-order chi connectivity index (χ1) is 14.7. The Bertz CT molecular complexity index is 1090. The molecule has 0 aliphatic carbocycles. The molecule has 1 heterocycles. The van der Waals surface area contributed by atoms with Crippen LogP contribution < -0.4 is 10.1 Å². The zero-order valence-corrected chi connectivity index (χ0v) is 16.6. The van der Waals surface area contributed by atoms with Crippen LogP contribution in [0.25, 0.3) is 11.3 Å². The van der Waals surface area contributed by atoms with Gasteiger partial charge in [-0.15, -0.1) is 11.3 Å². The molecule has 11 heteroatoms. The van der Waals surface area contributed by atoms with Gasteiger partial charge in [0.25, 0.3) is 5.91 Å². The van der Waals surface area contributed by atoms with Gasteiger partial charge >= 0.3 is 12.6 Å². The summed E-state index contributed by atoms with van der Waals surface area (Å²) >= 11 is 1.05. The summed E-state index contributed by atoms with van der Waals surface area (Å²) in [4.78, 5) is 28.5. The second kappa shape index (κ2) is 9.56. The van der Waals surface area contributed by atoms with Gasteiger partial charge in [-0.05, 0) is 49.4 Å². The fourth-order valence-electron chi connectivity index (χ4n) is 2.38. The van der Waals surface area contributed by atoms with Crippen molar-refractivity contribution >= 4 is 28.3 Å². The molecule has 0 bridgehead atoms. The third kappa shape index (κ3) is 5.79. The molecule has 0 aliphatic heterocycles. The zero-order valence-electron chi connectivity index (χ0n) is 15.8. The smallest absolute Gasteiger partial charge is 0.387 e. The van der Waals surface area contributed by atoms with E-state index in [0.29, 0.717) is 11.3 Å². The van der Waals surface area contributed by atoms with Crippen molar-refractivity contribution in [2.24, 2.45) is 0 Å². The summed E-state index contributed by atoms with van der Waals surface area (Å²) in [5, 5.41) is 4.18. The van der Waals surface area contributed by atoms with Gasteiger partial charge in [0.15, 0.2) is 22.9 Å². The van der Waals surface area contributed by atoms with Crippen molar-refractivity contribution in [2.45, 2.75) is 19.6 Å². The number of aromatic nitrogens is 1. The van der Waals surface area contributed by atoms with Gasteiger partial charge in [-0.2, -0.15) is 8.78 Å². The molecule has 3 aromatic rings. The quantitative estimate of drug-likeness (QED) is 0.407. The largest absolute Gasteiger partial charge is 0.449 e. The number of rotatable bonds is 7. The first-order valence-electron chi connectivity index (χ1n) is 8.70. The van der Waals surface area contributed by atoms with E-state index < -0.39 is 36.2 Å². The number of nitrogens with one attached hydrogen (secondary N) is 1. The van der Waals surface area contributed by atoms with E-state index in [4.69, 9.17) is 4.74 Å². The van der Waals surface area contributed by atoms with Crippen molar-refractivity contribution in [3.8, 4) is 17.0 Å². The summed E-state index contributed by atoms with van der Waals surface area (Å²) in [5.41, 5.74) is 0.695. The predicted molar refractivity (Wildman–Crippen MR) is 104 cm³/mol. The monoisotopic (exact) mass is 454 g/mol. The molecule has 0 saturated heterocycles. The Balaban J connectivity index is 1.58. The Morgan fingerprint density at radius 3 is 2.42 bits per heavy atom. The first-order valence-corrected chi connectivity index (χ1v) is 9.58. The van der Waals surface area contributed by atoms with Crippen molar-refractivity contribution in [1.29, 1.82) is 0 Å². The van der Waals surface area contributed by atoms with Crippen LogP contribution in [0.1, 0.15) is 17.3 Å². The van der Waals surface area contributed by atoms with Gasteiger partial charge in [-0.1, -0.05) is 0 Å². The summed E-state index contributed by atoms with van der Waals surface area (Å²) in [6.45, 7) is -1.65. The molecule has 0 saturated carbocycles. The number of halogens is 4. The van der Waals surface area contributed by atoms with Crippen LogP contribution in [0.5, 0.6) is 5.75 Å². The molecule has 1 aromatic heterocycles. The van der Waals surface area contributed by atoms with Gasteiger partial charge in [0.1, 0.15) is 5.75 Å². The van der Waals surface area contributed by atoms with Gasteiger partial charge in [0.05, 0.1) is 11.3 Å². The number of alkyl halides is 2. The summed E-state index contributed by atoms with van der Waals surface area (Å²) in [5.74, 6) is -3.65. The summed E-state index contributed by atoms with van der Waals surface area (Å²) in [7, 11) is 0. The fraction of sp³-hybridized carbons (Fsp3) is 0.150. The number of benzene rings is 2. The van der Waals surface area contributed by atoms with Crippen LogP contribution in [0.3, 0.4) is 0 Å². The minimum absolute atomic E-state index is 0.0381. The maximum absolute atomic E-state index is 13.4. The molecule has 0 fully saturated rings. The SMILES string of the molecule is C[C@H](OC(=O)c1ccc(OC(F)F)cc1)C(=O)Nc1nc(-c2ccc(F)c(F)c2)cs1. The molecule has 1 atom stereocenters. The molecule has 0 unspecified atom stereocenters. The van der Waals surface area contributed by atoms with E-state index in [-0.39, 0.29) is 16.4 Å². The third-order valence-corrected chi connectivity index (χ3v) is 4.68. The molecular formula is C20H14F4N2O4S. The van der Waals surface area contributed by atoms with Crippen molar-refractivity contribution in [3.05, 3.63) is 65.0 Å². The van der Waals surface area contributed by atoms with Crippen LogP contribution >= 0.6 is 11.3 Å². The Morgan fingerprint density at radius 2 is 1.77 bits per heavy atom. The Kier molecular flexibility index (Phi) is 6.85.